The number of benzene rings is 2. The molecule has 4 nitrogen and oxygen atoms in total. The van der Waals surface area contributed by atoms with Crippen molar-refractivity contribution in [2.24, 2.45) is 0 Å². The number of halogens is 2. The van der Waals surface area contributed by atoms with Crippen molar-refractivity contribution in [3.8, 4) is 11.3 Å². The van der Waals surface area contributed by atoms with Crippen LogP contribution in [0.2, 0.25) is 0 Å². The van der Waals surface area contributed by atoms with E-state index in [4.69, 9.17) is 4.42 Å². The molecule has 3 rings (SSSR count). The minimum absolute atomic E-state index is 0.109. The second-order valence-corrected chi connectivity index (χ2v) is 5.79. The molecule has 120 valence electrons. The van der Waals surface area contributed by atoms with Crippen molar-refractivity contribution in [2.45, 2.75) is 0 Å². The highest BCUT2D eigenvalue weighted by atomic mass is 79.9. The standard InChI is InChI=1S/C18H11BrFNO3/c19-15(9-11-1-3-13(4-2-11)18(22)23)17-21-10-16(24-17)12-5-7-14(20)8-6-12/h1-10H,(H,22,23)/p-1/b15-9-. The number of aromatic carboxylic acids is 1. The molecule has 0 saturated heterocycles. The molecule has 0 spiro atoms. The third kappa shape index (κ3) is 3.60. The van der Waals surface area contributed by atoms with Crippen molar-refractivity contribution in [1.29, 1.82) is 0 Å². The average Bonchev–Trinajstić information content (AvgIpc) is 3.06. The Morgan fingerprint density at radius 1 is 1.12 bits per heavy atom. The van der Waals surface area contributed by atoms with Crippen LogP contribution in [0.25, 0.3) is 21.9 Å². The molecule has 0 unspecified atom stereocenters. The molecule has 2 aromatic carbocycles. The van der Waals surface area contributed by atoms with Gasteiger partial charge in [0.25, 0.3) is 0 Å². The zero-order valence-electron chi connectivity index (χ0n) is 12.2. The summed E-state index contributed by atoms with van der Waals surface area (Å²) in [6, 6.07) is 12.1. The molecule has 0 saturated carbocycles. The second-order valence-electron chi connectivity index (χ2n) is 4.94. The second kappa shape index (κ2) is 6.80. The summed E-state index contributed by atoms with van der Waals surface area (Å²) in [6.45, 7) is 0. The molecule has 3 aromatic rings. The highest BCUT2D eigenvalue weighted by Gasteiger charge is 2.09. The molecule has 24 heavy (non-hydrogen) atoms. The predicted octanol–water partition coefficient (Wildman–Crippen LogP) is 3.74. The average molecular weight is 387 g/mol. The summed E-state index contributed by atoms with van der Waals surface area (Å²) in [5, 5.41) is 10.7. The van der Waals surface area contributed by atoms with Crippen LogP contribution in [0.4, 0.5) is 4.39 Å². The Kier molecular flexibility index (Phi) is 4.57. The minimum atomic E-state index is -1.22. The van der Waals surface area contributed by atoms with E-state index in [-0.39, 0.29) is 11.4 Å². The molecule has 0 aliphatic carbocycles. The van der Waals surface area contributed by atoms with Gasteiger partial charge in [-0.1, -0.05) is 24.3 Å². The molecule has 0 bridgehead atoms. The van der Waals surface area contributed by atoms with Crippen molar-refractivity contribution in [1.82, 2.24) is 4.98 Å². The third-order valence-corrected chi connectivity index (χ3v) is 3.85. The smallest absolute Gasteiger partial charge is 0.233 e. The molecule has 0 aliphatic rings. The number of nitrogens with zero attached hydrogens (tertiary/aromatic N) is 1. The fourth-order valence-corrected chi connectivity index (χ4v) is 2.50. The Morgan fingerprint density at radius 2 is 1.79 bits per heavy atom. The number of oxazole rings is 1. The number of hydrogen-bond donors (Lipinski definition) is 0. The van der Waals surface area contributed by atoms with Crippen molar-refractivity contribution < 1.29 is 18.7 Å². The lowest BCUT2D eigenvalue weighted by Gasteiger charge is -2.02. The Labute approximate surface area is 145 Å². The van der Waals surface area contributed by atoms with Crippen LogP contribution in [-0.2, 0) is 0 Å². The van der Waals surface area contributed by atoms with Gasteiger partial charge >= 0.3 is 0 Å². The summed E-state index contributed by atoms with van der Waals surface area (Å²) >= 11 is 3.38. The fraction of sp³-hybridized carbons (Fsp3) is 0. The number of carbonyl (C=O) groups excluding carboxylic acids is 1. The Balaban J connectivity index is 1.83. The summed E-state index contributed by atoms with van der Waals surface area (Å²) in [5.41, 5.74) is 1.60. The van der Waals surface area contributed by atoms with Gasteiger partial charge in [-0.15, -0.1) is 0 Å². The molecule has 6 heteroatoms. The Bertz CT molecular complexity index is 899. The van der Waals surface area contributed by atoms with Gasteiger partial charge in [0.2, 0.25) is 5.89 Å². The van der Waals surface area contributed by atoms with E-state index in [0.29, 0.717) is 21.7 Å². The van der Waals surface area contributed by atoms with E-state index >= 15 is 0 Å². The highest BCUT2D eigenvalue weighted by molar-refractivity contribution is 9.15. The quantitative estimate of drug-likeness (QED) is 0.684. The molecule has 0 aliphatic heterocycles. The number of hydrogen-bond acceptors (Lipinski definition) is 4. The van der Waals surface area contributed by atoms with Crippen LogP contribution in [0.1, 0.15) is 21.8 Å². The molecule has 1 aromatic heterocycles. The normalized spacial score (nSPS) is 11.5. The molecule has 1 heterocycles. The molecule has 0 N–H and O–H groups in total. The number of aromatic nitrogens is 1. The first kappa shape index (κ1) is 16.1. The number of carboxylic acids is 1. The van der Waals surface area contributed by atoms with E-state index in [1.807, 2.05) is 0 Å². The van der Waals surface area contributed by atoms with Crippen LogP contribution in [0.15, 0.2) is 59.1 Å². The lowest BCUT2D eigenvalue weighted by Crippen LogP contribution is -2.21. The van der Waals surface area contributed by atoms with Crippen LogP contribution in [0.5, 0.6) is 0 Å². The summed E-state index contributed by atoms with van der Waals surface area (Å²) < 4.78 is 19.2. The maximum atomic E-state index is 13.0. The van der Waals surface area contributed by atoms with Crippen LogP contribution in [0, 0.1) is 5.82 Å². The van der Waals surface area contributed by atoms with E-state index in [1.165, 1.54) is 24.3 Å². The molecule has 0 amide bonds. The van der Waals surface area contributed by atoms with E-state index in [0.717, 1.165) is 5.56 Å². The van der Waals surface area contributed by atoms with E-state index < -0.39 is 5.97 Å². The molecular formula is C18H10BrFNO3-. The molecule has 0 fully saturated rings. The van der Waals surface area contributed by atoms with E-state index in [2.05, 4.69) is 20.9 Å². The lowest BCUT2D eigenvalue weighted by atomic mass is 10.1. The highest BCUT2D eigenvalue weighted by Crippen LogP contribution is 2.28. The number of carboxylic acid groups (broad SMARTS) is 1. The SMILES string of the molecule is O=C([O-])c1ccc(/C=C(\Br)c2ncc(-c3ccc(F)cc3)o2)cc1. The van der Waals surface area contributed by atoms with Crippen molar-refractivity contribution in [3.63, 3.8) is 0 Å². The fourth-order valence-electron chi connectivity index (χ4n) is 2.06. The topological polar surface area (TPSA) is 66.2 Å². The van der Waals surface area contributed by atoms with Gasteiger partial charge in [-0.05, 0) is 57.4 Å². The Hall–Kier alpha value is -2.73. The van der Waals surface area contributed by atoms with E-state index in [9.17, 15) is 14.3 Å². The molecule has 0 radical (unpaired) electrons. The maximum absolute atomic E-state index is 13.0. The van der Waals surface area contributed by atoms with Gasteiger partial charge in [-0.3, -0.25) is 0 Å². The maximum Gasteiger partial charge on any atom is 0.233 e. The van der Waals surface area contributed by atoms with Gasteiger partial charge in [0, 0.05) is 5.56 Å². The van der Waals surface area contributed by atoms with Crippen molar-refractivity contribution >= 4 is 32.5 Å². The third-order valence-electron chi connectivity index (χ3n) is 3.28. The van der Waals surface area contributed by atoms with Gasteiger partial charge in [0.15, 0.2) is 5.76 Å². The summed E-state index contributed by atoms with van der Waals surface area (Å²) in [7, 11) is 0. The number of carbonyl (C=O) groups is 1. The lowest BCUT2D eigenvalue weighted by molar-refractivity contribution is -0.255. The van der Waals surface area contributed by atoms with Crippen LogP contribution in [0.3, 0.4) is 0 Å². The summed E-state index contributed by atoms with van der Waals surface area (Å²) in [6.07, 6.45) is 3.30. The predicted molar refractivity (Wildman–Crippen MR) is 89.5 cm³/mol. The summed E-state index contributed by atoms with van der Waals surface area (Å²) in [4.78, 5) is 14.9. The van der Waals surface area contributed by atoms with Crippen molar-refractivity contribution in [2.75, 3.05) is 0 Å². The monoisotopic (exact) mass is 386 g/mol. The molecular weight excluding hydrogens is 377 g/mol. The zero-order chi connectivity index (χ0) is 17.1. The number of rotatable bonds is 4. The van der Waals surface area contributed by atoms with E-state index in [1.54, 1.807) is 36.5 Å². The first-order valence-electron chi connectivity index (χ1n) is 6.94. The summed E-state index contributed by atoms with van der Waals surface area (Å²) in [5.74, 6) is -0.665. The van der Waals surface area contributed by atoms with Gasteiger partial charge < -0.3 is 14.3 Å². The molecule has 0 atom stereocenters. The van der Waals surface area contributed by atoms with Gasteiger partial charge in [-0.2, -0.15) is 0 Å². The van der Waals surface area contributed by atoms with Crippen molar-refractivity contribution in [3.05, 3.63) is 77.6 Å². The zero-order valence-corrected chi connectivity index (χ0v) is 13.8. The largest absolute Gasteiger partial charge is 0.545 e. The van der Waals surface area contributed by atoms with Gasteiger partial charge in [0.1, 0.15) is 5.82 Å². The van der Waals surface area contributed by atoms with Gasteiger partial charge in [0.05, 0.1) is 16.6 Å². The van der Waals surface area contributed by atoms with Crippen LogP contribution < -0.4 is 5.11 Å². The Morgan fingerprint density at radius 3 is 2.42 bits per heavy atom. The first-order chi connectivity index (χ1) is 11.5. The first-order valence-corrected chi connectivity index (χ1v) is 7.73. The van der Waals surface area contributed by atoms with Crippen LogP contribution in [-0.4, -0.2) is 11.0 Å². The van der Waals surface area contributed by atoms with Gasteiger partial charge in [-0.25, -0.2) is 9.37 Å². The van der Waals surface area contributed by atoms with Crippen LogP contribution >= 0.6 is 15.9 Å². The minimum Gasteiger partial charge on any atom is -0.545 e.